The molecule has 1 aromatic heterocycles. The lowest BCUT2D eigenvalue weighted by Gasteiger charge is -2.39. The number of ether oxygens (including phenoxy) is 1. The molecule has 24 heavy (non-hydrogen) atoms. The van der Waals surface area contributed by atoms with Gasteiger partial charge in [0.2, 0.25) is 0 Å². The van der Waals surface area contributed by atoms with Crippen LogP contribution in [-0.2, 0) is 13.1 Å². The Balaban J connectivity index is 1.60. The molecule has 5 heteroatoms. The Labute approximate surface area is 143 Å². The van der Waals surface area contributed by atoms with Crippen LogP contribution in [0, 0.1) is 6.92 Å². The third-order valence-electron chi connectivity index (χ3n) is 4.75. The van der Waals surface area contributed by atoms with Gasteiger partial charge in [-0.2, -0.15) is 0 Å². The quantitative estimate of drug-likeness (QED) is 0.885. The Morgan fingerprint density at radius 1 is 1.33 bits per heavy atom. The van der Waals surface area contributed by atoms with Crippen LogP contribution in [0.2, 0.25) is 0 Å². The number of aliphatic hydroxyl groups is 1. The van der Waals surface area contributed by atoms with E-state index in [1.807, 2.05) is 43.7 Å². The molecule has 0 aliphatic carbocycles. The zero-order chi connectivity index (χ0) is 17.0. The van der Waals surface area contributed by atoms with E-state index >= 15 is 0 Å². The van der Waals surface area contributed by atoms with Crippen LogP contribution in [0.25, 0.3) is 0 Å². The van der Waals surface area contributed by atoms with E-state index in [0.29, 0.717) is 13.2 Å². The Kier molecular flexibility index (Phi) is 5.21. The highest BCUT2D eigenvalue weighted by Gasteiger charge is 2.34. The summed E-state index contributed by atoms with van der Waals surface area (Å²) in [7, 11) is 0. The van der Waals surface area contributed by atoms with E-state index in [9.17, 15) is 5.11 Å². The molecule has 1 aliphatic rings. The molecule has 1 saturated heterocycles. The minimum Gasteiger partial charge on any atom is -0.490 e. The molecule has 0 saturated carbocycles. The lowest BCUT2D eigenvalue weighted by molar-refractivity contribution is -0.0626. The predicted octanol–water partition coefficient (Wildman–Crippen LogP) is 2.62. The fraction of sp³-hybridized carbons (Fsp3) is 0.526. The molecule has 0 bridgehead atoms. The highest BCUT2D eigenvalue weighted by Crippen LogP contribution is 2.25. The van der Waals surface area contributed by atoms with Gasteiger partial charge >= 0.3 is 0 Å². The normalized spacial score (nSPS) is 21.8. The van der Waals surface area contributed by atoms with Gasteiger partial charge in [0.05, 0.1) is 12.0 Å². The van der Waals surface area contributed by atoms with E-state index in [0.717, 1.165) is 43.8 Å². The number of rotatable bonds is 6. The van der Waals surface area contributed by atoms with Gasteiger partial charge in [0.1, 0.15) is 18.0 Å². The molecular formula is C19H27N3O2. The fourth-order valence-corrected chi connectivity index (χ4v) is 3.38. The fourth-order valence-electron chi connectivity index (χ4n) is 3.38. The summed E-state index contributed by atoms with van der Waals surface area (Å²) in [5.74, 6) is 0.854. The number of aryl methyl sites for hydroxylation is 2. The lowest BCUT2D eigenvalue weighted by Crippen LogP contribution is -2.51. The van der Waals surface area contributed by atoms with E-state index in [1.54, 1.807) is 0 Å². The predicted molar refractivity (Wildman–Crippen MR) is 94.0 cm³/mol. The third-order valence-corrected chi connectivity index (χ3v) is 4.75. The molecule has 130 valence electrons. The summed E-state index contributed by atoms with van der Waals surface area (Å²) in [6, 6.07) is 7.94. The van der Waals surface area contributed by atoms with Gasteiger partial charge in [-0.15, -0.1) is 0 Å². The van der Waals surface area contributed by atoms with E-state index in [2.05, 4.69) is 21.4 Å². The molecule has 0 spiro atoms. The van der Waals surface area contributed by atoms with E-state index in [1.165, 1.54) is 5.69 Å². The summed E-state index contributed by atoms with van der Waals surface area (Å²) < 4.78 is 8.06. The van der Waals surface area contributed by atoms with Crippen molar-refractivity contribution in [3.8, 4) is 5.75 Å². The summed E-state index contributed by atoms with van der Waals surface area (Å²) in [6.07, 6.45) is 5.55. The zero-order valence-electron chi connectivity index (χ0n) is 14.6. The van der Waals surface area contributed by atoms with Crippen LogP contribution < -0.4 is 4.74 Å². The lowest BCUT2D eigenvalue weighted by atomic mass is 9.93. The number of aromatic nitrogens is 2. The summed E-state index contributed by atoms with van der Waals surface area (Å²) in [5, 5.41) is 11.0. The Hall–Kier alpha value is -1.85. The maximum atomic E-state index is 11.0. The first-order chi connectivity index (χ1) is 11.6. The molecule has 1 aliphatic heterocycles. The third kappa shape index (κ3) is 3.97. The van der Waals surface area contributed by atoms with Gasteiger partial charge in [0.25, 0.3) is 0 Å². The Morgan fingerprint density at radius 3 is 2.96 bits per heavy atom. The van der Waals surface area contributed by atoms with Crippen LogP contribution in [0.4, 0.5) is 0 Å². The minimum atomic E-state index is -0.794. The van der Waals surface area contributed by atoms with E-state index in [-0.39, 0.29) is 0 Å². The van der Waals surface area contributed by atoms with Crippen molar-refractivity contribution < 1.29 is 9.84 Å². The molecule has 3 rings (SSSR count). The molecule has 0 amide bonds. The average Bonchev–Trinajstić information content (AvgIpc) is 3.01. The topological polar surface area (TPSA) is 50.5 Å². The number of nitrogens with zero attached hydrogens (tertiary/aromatic N) is 3. The average molecular weight is 329 g/mol. The largest absolute Gasteiger partial charge is 0.490 e. The Morgan fingerprint density at radius 2 is 2.17 bits per heavy atom. The molecule has 5 nitrogen and oxygen atoms in total. The number of piperidine rings is 1. The first-order valence-corrected chi connectivity index (χ1v) is 8.72. The van der Waals surface area contributed by atoms with Crippen molar-refractivity contribution >= 4 is 0 Å². The second-order valence-electron chi connectivity index (χ2n) is 6.76. The molecule has 1 atom stereocenters. The maximum absolute atomic E-state index is 11.0. The van der Waals surface area contributed by atoms with Gasteiger partial charge in [-0.3, -0.25) is 4.90 Å². The van der Waals surface area contributed by atoms with Gasteiger partial charge in [-0.1, -0.05) is 18.2 Å². The van der Waals surface area contributed by atoms with Crippen molar-refractivity contribution in [3.05, 3.63) is 48.0 Å². The van der Waals surface area contributed by atoms with Crippen molar-refractivity contribution in [1.82, 2.24) is 14.5 Å². The summed E-state index contributed by atoms with van der Waals surface area (Å²) in [6.45, 7) is 7.85. The van der Waals surface area contributed by atoms with Crippen molar-refractivity contribution in [1.29, 1.82) is 0 Å². The number of hydrogen-bond donors (Lipinski definition) is 1. The highest BCUT2D eigenvalue weighted by atomic mass is 16.5. The first-order valence-electron chi connectivity index (χ1n) is 8.72. The van der Waals surface area contributed by atoms with Crippen LogP contribution in [0.1, 0.15) is 31.0 Å². The molecule has 0 radical (unpaired) electrons. The van der Waals surface area contributed by atoms with E-state index in [4.69, 9.17) is 4.74 Å². The van der Waals surface area contributed by atoms with Crippen molar-refractivity contribution in [3.63, 3.8) is 0 Å². The van der Waals surface area contributed by atoms with Gasteiger partial charge < -0.3 is 14.4 Å². The van der Waals surface area contributed by atoms with Gasteiger partial charge in [0, 0.05) is 25.8 Å². The summed E-state index contributed by atoms with van der Waals surface area (Å²) >= 11 is 0. The standard InChI is InChI=1S/C19H27N3O2/c1-3-22-15-20-11-17(22)12-21-10-6-9-19(23,13-21)14-24-18-8-5-4-7-16(18)2/h4-5,7-8,11,15,23H,3,6,9-10,12-14H2,1-2H3. The number of likely N-dealkylation sites (tertiary alicyclic amines) is 1. The second-order valence-corrected chi connectivity index (χ2v) is 6.76. The molecule has 1 N–H and O–H groups in total. The SMILES string of the molecule is CCn1cncc1CN1CCCC(O)(COc2ccccc2C)C1. The minimum absolute atomic E-state index is 0.335. The van der Waals surface area contributed by atoms with Crippen LogP contribution in [0.15, 0.2) is 36.8 Å². The van der Waals surface area contributed by atoms with Crippen LogP contribution in [0.3, 0.4) is 0 Å². The molecule has 1 unspecified atom stereocenters. The first kappa shape index (κ1) is 17.0. The number of β-amino-alcohol motifs (C(OH)–C–C–N with tert-alkyl or cyclic N) is 1. The van der Waals surface area contributed by atoms with E-state index < -0.39 is 5.60 Å². The molecule has 2 heterocycles. The van der Waals surface area contributed by atoms with Gasteiger partial charge in [-0.05, 0) is 44.9 Å². The highest BCUT2D eigenvalue weighted by molar-refractivity contribution is 5.31. The smallest absolute Gasteiger partial charge is 0.122 e. The molecule has 2 aromatic rings. The zero-order valence-corrected chi connectivity index (χ0v) is 14.6. The number of benzene rings is 1. The summed E-state index contributed by atoms with van der Waals surface area (Å²) in [5.41, 5.74) is 1.50. The Bertz CT molecular complexity index is 670. The maximum Gasteiger partial charge on any atom is 0.122 e. The second kappa shape index (κ2) is 7.36. The molecular weight excluding hydrogens is 302 g/mol. The molecule has 1 aromatic carbocycles. The van der Waals surface area contributed by atoms with Crippen molar-refractivity contribution in [2.24, 2.45) is 0 Å². The van der Waals surface area contributed by atoms with Crippen LogP contribution in [-0.4, -0.2) is 44.9 Å². The van der Waals surface area contributed by atoms with Gasteiger partial charge in [0.15, 0.2) is 0 Å². The van der Waals surface area contributed by atoms with Crippen LogP contribution >= 0.6 is 0 Å². The summed E-state index contributed by atoms with van der Waals surface area (Å²) in [4.78, 5) is 6.53. The van der Waals surface area contributed by atoms with Crippen LogP contribution in [0.5, 0.6) is 5.75 Å². The number of para-hydroxylation sites is 1. The van der Waals surface area contributed by atoms with Crippen molar-refractivity contribution in [2.45, 2.75) is 45.4 Å². The van der Waals surface area contributed by atoms with Crippen molar-refractivity contribution in [2.75, 3.05) is 19.7 Å². The molecule has 1 fully saturated rings. The number of imidazole rings is 1. The number of hydrogen-bond acceptors (Lipinski definition) is 4. The monoisotopic (exact) mass is 329 g/mol. The van der Waals surface area contributed by atoms with Gasteiger partial charge in [-0.25, -0.2) is 4.98 Å².